The van der Waals surface area contributed by atoms with Crippen LogP contribution in [0.4, 0.5) is 0 Å². The van der Waals surface area contributed by atoms with Crippen molar-refractivity contribution < 1.29 is 18.8 Å². The number of rotatable bonds is 7. The van der Waals surface area contributed by atoms with Crippen molar-refractivity contribution in [3.63, 3.8) is 0 Å². The van der Waals surface area contributed by atoms with E-state index in [2.05, 4.69) is 5.16 Å². The van der Waals surface area contributed by atoms with Crippen LogP contribution in [0.1, 0.15) is 40.7 Å². The molecule has 0 amide bonds. The van der Waals surface area contributed by atoms with E-state index in [1.807, 2.05) is 6.92 Å². The lowest BCUT2D eigenvalue weighted by Gasteiger charge is -2.09. The maximum absolute atomic E-state index is 12.0. The number of fused-ring (bicyclic) bond motifs is 1. The van der Waals surface area contributed by atoms with Gasteiger partial charge in [0, 0.05) is 19.3 Å². The zero-order chi connectivity index (χ0) is 13.7. The van der Waals surface area contributed by atoms with Gasteiger partial charge in [0.25, 0.3) is 0 Å². The number of Topliss-reactive ketones (excluding diaryl/α,β-unsaturated/α-hetero) is 1. The Bertz CT molecular complexity index is 506. The molecule has 0 aliphatic heterocycles. The highest BCUT2D eigenvalue weighted by Crippen LogP contribution is 2.28. The van der Waals surface area contributed by atoms with E-state index in [1.165, 1.54) is 24.0 Å². The van der Waals surface area contributed by atoms with Gasteiger partial charge < -0.3 is 9.26 Å². The molecule has 2 rings (SSSR count). The Balaban J connectivity index is 1.85. The summed E-state index contributed by atoms with van der Waals surface area (Å²) in [5.74, 6) is 0.374. The van der Waals surface area contributed by atoms with Gasteiger partial charge in [-0.1, -0.05) is 5.16 Å². The van der Waals surface area contributed by atoms with Gasteiger partial charge in [0.1, 0.15) is 0 Å². The lowest BCUT2D eigenvalue weighted by atomic mass is 10.0. The van der Waals surface area contributed by atoms with Crippen molar-refractivity contribution in [1.29, 1.82) is 0 Å². The lowest BCUT2D eigenvalue weighted by molar-refractivity contribution is 0.0967. The average molecular weight is 281 g/mol. The van der Waals surface area contributed by atoms with Crippen LogP contribution in [0.3, 0.4) is 0 Å². The number of allylic oxidation sites excluding steroid dienone is 2. The second kappa shape index (κ2) is 6.68. The molecule has 6 heteroatoms. The van der Waals surface area contributed by atoms with Crippen molar-refractivity contribution in [2.75, 3.05) is 19.0 Å². The molecule has 0 bridgehead atoms. The maximum Gasteiger partial charge on any atom is 0.225 e. The molecule has 1 aromatic rings. The summed E-state index contributed by atoms with van der Waals surface area (Å²) in [5.41, 5.74) is 0.268. The maximum atomic E-state index is 12.0. The Morgan fingerprint density at radius 1 is 1.37 bits per heavy atom. The van der Waals surface area contributed by atoms with Crippen LogP contribution >= 0.6 is 11.8 Å². The van der Waals surface area contributed by atoms with Crippen molar-refractivity contribution >= 4 is 23.3 Å². The molecule has 1 aliphatic carbocycles. The number of nitrogens with zero attached hydrogens (tertiary/aromatic N) is 1. The van der Waals surface area contributed by atoms with Gasteiger partial charge in [-0.15, -0.1) is 11.8 Å². The second-order valence-electron chi connectivity index (χ2n) is 4.02. The first-order chi connectivity index (χ1) is 9.24. The number of carbonyl (C=O) groups is 2. The van der Waals surface area contributed by atoms with Gasteiger partial charge in [-0.2, -0.15) is 0 Å². The van der Waals surface area contributed by atoms with Gasteiger partial charge >= 0.3 is 0 Å². The molecular formula is C13H15NO4S. The Hall–Kier alpha value is -1.40. The first kappa shape index (κ1) is 14.0. The molecule has 1 aromatic heterocycles. The summed E-state index contributed by atoms with van der Waals surface area (Å²) in [7, 11) is 0. The van der Waals surface area contributed by atoms with E-state index in [4.69, 9.17) is 9.26 Å². The van der Waals surface area contributed by atoms with E-state index in [9.17, 15) is 9.59 Å². The number of carbonyl (C=O) groups excluding carboxylic acids is 2. The monoisotopic (exact) mass is 281 g/mol. The van der Waals surface area contributed by atoms with Crippen LogP contribution in [0.5, 0.6) is 0 Å². The van der Waals surface area contributed by atoms with E-state index in [-0.39, 0.29) is 22.9 Å². The van der Waals surface area contributed by atoms with Crippen molar-refractivity contribution in [2.24, 2.45) is 0 Å². The van der Waals surface area contributed by atoms with E-state index in [0.29, 0.717) is 4.91 Å². The Morgan fingerprint density at radius 3 is 3.00 bits per heavy atom. The summed E-state index contributed by atoms with van der Waals surface area (Å²) < 4.78 is 10.0. The van der Waals surface area contributed by atoms with Gasteiger partial charge in [-0.25, -0.2) is 0 Å². The van der Waals surface area contributed by atoms with Gasteiger partial charge in [0.05, 0.1) is 16.7 Å². The summed E-state index contributed by atoms with van der Waals surface area (Å²) in [6, 6.07) is 0. The van der Waals surface area contributed by atoms with Crippen LogP contribution < -0.4 is 0 Å². The third-order valence-corrected chi connectivity index (χ3v) is 3.78. The summed E-state index contributed by atoms with van der Waals surface area (Å²) in [5, 5.41) is 3.49. The molecule has 102 valence electrons. The standard InChI is InChI=1S/C13H15NO4S/c1-2-17-5-3-4-6-19-11-7-10(15)13-9(12(11)16)8-14-18-13/h7-8H,2-6H2,1H3. The van der Waals surface area contributed by atoms with Crippen molar-refractivity contribution in [3.8, 4) is 0 Å². The number of thioether (sulfide) groups is 1. The topological polar surface area (TPSA) is 69.4 Å². The molecule has 19 heavy (non-hydrogen) atoms. The molecule has 0 atom stereocenters. The summed E-state index contributed by atoms with van der Waals surface area (Å²) in [6.45, 7) is 3.42. The fourth-order valence-electron chi connectivity index (χ4n) is 1.70. The van der Waals surface area contributed by atoms with Gasteiger partial charge in [0.2, 0.25) is 17.3 Å². The minimum atomic E-state index is -0.288. The Morgan fingerprint density at radius 2 is 2.21 bits per heavy atom. The SMILES string of the molecule is CCOCCCCSC1=CC(=O)c2oncc2C1=O. The number of unbranched alkanes of at least 4 members (excludes halogenated alkanes) is 1. The number of hydrogen-bond acceptors (Lipinski definition) is 6. The van der Waals surface area contributed by atoms with Crippen molar-refractivity contribution in [2.45, 2.75) is 19.8 Å². The zero-order valence-corrected chi connectivity index (χ0v) is 11.5. The molecule has 0 N–H and O–H groups in total. The minimum absolute atomic E-state index is 0.0469. The van der Waals surface area contributed by atoms with E-state index in [0.717, 1.165) is 31.8 Å². The van der Waals surface area contributed by atoms with Crippen molar-refractivity contribution in [3.05, 3.63) is 28.5 Å². The lowest BCUT2D eigenvalue weighted by Crippen LogP contribution is -2.13. The molecule has 0 aromatic carbocycles. The number of ketones is 2. The van der Waals surface area contributed by atoms with E-state index < -0.39 is 0 Å². The minimum Gasteiger partial charge on any atom is -0.382 e. The largest absolute Gasteiger partial charge is 0.382 e. The third-order valence-electron chi connectivity index (χ3n) is 2.67. The number of aromatic nitrogens is 1. The molecule has 0 saturated heterocycles. The molecule has 1 heterocycles. The second-order valence-corrected chi connectivity index (χ2v) is 5.16. The zero-order valence-electron chi connectivity index (χ0n) is 10.7. The van der Waals surface area contributed by atoms with Crippen LogP contribution in [0.15, 0.2) is 21.7 Å². The molecule has 0 spiro atoms. The number of hydrogen-bond donors (Lipinski definition) is 0. The van der Waals surface area contributed by atoms with Crippen LogP contribution in [0, 0.1) is 0 Å². The van der Waals surface area contributed by atoms with Crippen LogP contribution in [0.2, 0.25) is 0 Å². The smallest absolute Gasteiger partial charge is 0.225 e. The average Bonchev–Trinajstić information content (AvgIpc) is 2.89. The van der Waals surface area contributed by atoms with Gasteiger partial charge in [0.15, 0.2) is 0 Å². The third kappa shape index (κ3) is 3.33. The highest BCUT2D eigenvalue weighted by molar-refractivity contribution is 8.04. The first-order valence-corrected chi connectivity index (χ1v) is 7.18. The summed E-state index contributed by atoms with van der Waals surface area (Å²) >= 11 is 1.40. The fourth-order valence-corrected chi connectivity index (χ4v) is 2.70. The van der Waals surface area contributed by atoms with E-state index in [1.54, 1.807) is 0 Å². The quantitative estimate of drug-likeness (QED) is 0.715. The first-order valence-electron chi connectivity index (χ1n) is 6.20. The number of ether oxygens (including phenoxy) is 1. The molecule has 0 saturated carbocycles. The fraction of sp³-hybridized carbons (Fsp3) is 0.462. The van der Waals surface area contributed by atoms with E-state index >= 15 is 0 Å². The van der Waals surface area contributed by atoms with Crippen LogP contribution in [0.25, 0.3) is 0 Å². The highest BCUT2D eigenvalue weighted by Gasteiger charge is 2.29. The molecule has 1 aliphatic rings. The van der Waals surface area contributed by atoms with Crippen LogP contribution in [-0.4, -0.2) is 35.7 Å². The van der Waals surface area contributed by atoms with Gasteiger partial charge in [-0.05, 0) is 25.5 Å². The summed E-state index contributed by atoms with van der Waals surface area (Å²) in [6.07, 6.45) is 4.54. The Kier molecular flexibility index (Phi) is 4.93. The van der Waals surface area contributed by atoms with Gasteiger partial charge in [-0.3, -0.25) is 9.59 Å². The molecule has 0 fully saturated rings. The highest BCUT2D eigenvalue weighted by atomic mass is 32.2. The Labute approximate surface area is 115 Å². The molecule has 0 radical (unpaired) electrons. The summed E-state index contributed by atoms with van der Waals surface area (Å²) in [4.78, 5) is 24.2. The predicted octanol–water partition coefficient (Wildman–Crippen LogP) is 2.49. The normalized spacial score (nSPS) is 14.5. The predicted molar refractivity (Wildman–Crippen MR) is 71.4 cm³/mol. The molecule has 5 nitrogen and oxygen atoms in total. The van der Waals surface area contributed by atoms with Crippen molar-refractivity contribution in [1.82, 2.24) is 5.16 Å². The molecule has 0 unspecified atom stereocenters. The van der Waals surface area contributed by atoms with Crippen LogP contribution in [-0.2, 0) is 4.74 Å². The molecular weight excluding hydrogens is 266 g/mol.